The van der Waals surface area contributed by atoms with Crippen LogP contribution in [0.3, 0.4) is 0 Å². The molecule has 1 amide bonds. The Bertz CT molecular complexity index is 1010. The van der Waals surface area contributed by atoms with Crippen molar-refractivity contribution in [2.24, 2.45) is 5.92 Å². The molecule has 0 aliphatic carbocycles. The normalized spacial score (nSPS) is 14.9. The molecule has 1 aromatic carbocycles. The number of piperidine rings is 1. The van der Waals surface area contributed by atoms with Crippen LogP contribution in [-0.4, -0.2) is 29.0 Å². The fourth-order valence-electron chi connectivity index (χ4n) is 3.30. The third-order valence-electron chi connectivity index (χ3n) is 4.84. The summed E-state index contributed by atoms with van der Waals surface area (Å²) in [6, 6.07) is 11.8. The number of nitrogens with one attached hydrogen (secondary N) is 1. The molecular formula is C20H19N5OS. The zero-order chi connectivity index (χ0) is 18.8. The minimum Gasteiger partial charge on any atom is -0.357 e. The molecule has 1 aliphatic rings. The van der Waals surface area contributed by atoms with Gasteiger partial charge in [-0.05, 0) is 49.6 Å². The van der Waals surface area contributed by atoms with Crippen molar-refractivity contribution in [3.63, 3.8) is 0 Å². The van der Waals surface area contributed by atoms with Crippen LogP contribution < -0.4 is 10.2 Å². The highest BCUT2D eigenvalue weighted by Gasteiger charge is 2.26. The summed E-state index contributed by atoms with van der Waals surface area (Å²) in [5.74, 6) is 0.876. The lowest BCUT2D eigenvalue weighted by Crippen LogP contribution is -2.38. The zero-order valence-corrected chi connectivity index (χ0v) is 15.8. The van der Waals surface area contributed by atoms with E-state index in [1.165, 1.54) is 16.9 Å². The summed E-state index contributed by atoms with van der Waals surface area (Å²) in [7, 11) is 0. The number of hydrogen-bond donors (Lipinski definition) is 1. The first-order chi connectivity index (χ1) is 13.1. The van der Waals surface area contributed by atoms with Crippen molar-refractivity contribution in [1.29, 1.82) is 5.26 Å². The fourth-order valence-corrected chi connectivity index (χ4v) is 4.27. The molecule has 3 aromatic rings. The molecule has 0 saturated carbocycles. The van der Waals surface area contributed by atoms with E-state index in [-0.39, 0.29) is 11.8 Å². The Balaban J connectivity index is 1.37. The smallest absolute Gasteiger partial charge is 0.229 e. The van der Waals surface area contributed by atoms with Crippen LogP contribution in [0, 0.1) is 24.2 Å². The summed E-state index contributed by atoms with van der Waals surface area (Å²) in [4.78, 5) is 23.6. The van der Waals surface area contributed by atoms with E-state index in [1.54, 1.807) is 12.3 Å². The van der Waals surface area contributed by atoms with Gasteiger partial charge in [0.05, 0.1) is 15.8 Å². The van der Waals surface area contributed by atoms with E-state index in [1.807, 2.05) is 25.1 Å². The number of nitrogens with zero attached hydrogens (tertiary/aromatic N) is 4. The number of aryl methyl sites for hydroxylation is 1. The maximum atomic E-state index is 12.6. The second-order valence-corrected chi connectivity index (χ2v) is 7.79. The molecule has 7 heteroatoms. The van der Waals surface area contributed by atoms with Gasteiger partial charge in [-0.2, -0.15) is 5.26 Å². The molecule has 0 atom stereocenters. The second kappa shape index (κ2) is 7.33. The average molecular weight is 377 g/mol. The number of amides is 1. The molecule has 0 spiro atoms. The van der Waals surface area contributed by atoms with E-state index >= 15 is 0 Å². The van der Waals surface area contributed by atoms with Crippen LogP contribution >= 0.6 is 11.3 Å². The zero-order valence-electron chi connectivity index (χ0n) is 15.0. The summed E-state index contributed by atoms with van der Waals surface area (Å²) in [6.07, 6.45) is 3.14. The molecule has 1 aliphatic heterocycles. The number of hydrogen-bond acceptors (Lipinski definition) is 6. The number of rotatable bonds is 3. The number of carbonyl (C=O) groups is 1. The Morgan fingerprint density at radius 1 is 1.30 bits per heavy atom. The van der Waals surface area contributed by atoms with Crippen LogP contribution in [0.4, 0.5) is 10.9 Å². The van der Waals surface area contributed by atoms with Crippen LogP contribution in [0.1, 0.15) is 24.0 Å². The van der Waals surface area contributed by atoms with Crippen LogP contribution in [-0.2, 0) is 4.79 Å². The first kappa shape index (κ1) is 17.4. The number of carbonyl (C=O) groups excluding carboxylic acids is 1. The predicted molar refractivity (Wildman–Crippen MR) is 107 cm³/mol. The molecule has 27 heavy (non-hydrogen) atoms. The average Bonchev–Trinajstić information content (AvgIpc) is 3.09. The van der Waals surface area contributed by atoms with E-state index in [9.17, 15) is 4.79 Å². The molecule has 0 bridgehead atoms. The lowest BCUT2D eigenvalue weighted by molar-refractivity contribution is -0.120. The second-order valence-electron chi connectivity index (χ2n) is 6.76. The molecule has 136 valence electrons. The minimum atomic E-state index is -0.0200. The third-order valence-corrected chi connectivity index (χ3v) is 5.77. The molecular weight excluding hydrogens is 358 g/mol. The SMILES string of the molecule is Cc1ccc2nc(NC(=O)C3CCN(c4ccc(C#N)cn4)CC3)sc2c1. The highest BCUT2D eigenvalue weighted by atomic mass is 32.1. The predicted octanol–water partition coefficient (Wildman–Crippen LogP) is 3.73. The summed E-state index contributed by atoms with van der Waals surface area (Å²) < 4.78 is 1.09. The van der Waals surface area contributed by atoms with Gasteiger partial charge in [0.25, 0.3) is 0 Å². The van der Waals surface area contributed by atoms with Gasteiger partial charge < -0.3 is 10.2 Å². The summed E-state index contributed by atoms with van der Waals surface area (Å²) in [5.41, 5.74) is 2.66. The Kier molecular flexibility index (Phi) is 4.73. The van der Waals surface area contributed by atoms with Gasteiger partial charge >= 0.3 is 0 Å². The Hall–Kier alpha value is -2.98. The van der Waals surface area contributed by atoms with Crippen LogP contribution in [0.25, 0.3) is 10.2 Å². The van der Waals surface area contributed by atoms with Gasteiger partial charge in [0.1, 0.15) is 11.9 Å². The molecule has 1 saturated heterocycles. The third kappa shape index (κ3) is 3.76. The van der Waals surface area contributed by atoms with Gasteiger partial charge in [0.2, 0.25) is 5.91 Å². The first-order valence-corrected chi connectivity index (χ1v) is 9.73. The summed E-state index contributed by atoms with van der Waals surface area (Å²) in [6.45, 7) is 3.60. The number of aromatic nitrogens is 2. The Morgan fingerprint density at radius 3 is 2.81 bits per heavy atom. The highest BCUT2D eigenvalue weighted by Crippen LogP contribution is 2.28. The molecule has 4 rings (SSSR count). The van der Waals surface area contributed by atoms with Crippen LogP contribution in [0.2, 0.25) is 0 Å². The molecule has 0 radical (unpaired) electrons. The van der Waals surface area contributed by atoms with Gasteiger partial charge in [-0.15, -0.1) is 0 Å². The van der Waals surface area contributed by atoms with Crippen molar-refractivity contribution in [2.45, 2.75) is 19.8 Å². The highest BCUT2D eigenvalue weighted by molar-refractivity contribution is 7.22. The lowest BCUT2D eigenvalue weighted by atomic mass is 9.96. The minimum absolute atomic E-state index is 0.0200. The van der Waals surface area contributed by atoms with E-state index in [0.29, 0.717) is 10.7 Å². The van der Waals surface area contributed by atoms with Crippen molar-refractivity contribution >= 4 is 38.4 Å². The maximum absolute atomic E-state index is 12.6. The van der Waals surface area contributed by atoms with E-state index in [2.05, 4.69) is 32.3 Å². The van der Waals surface area contributed by atoms with Gasteiger partial charge in [0, 0.05) is 25.2 Å². The molecule has 3 heterocycles. The van der Waals surface area contributed by atoms with E-state index < -0.39 is 0 Å². The number of fused-ring (bicyclic) bond motifs is 1. The fraction of sp³-hybridized carbons (Fsp3) is 0.300. The Morgan fingerprint density at radius 2 is 2.11 bits per heavy atom. The van der Waals surface area contributed by atoms with Crippen molar-refractivity contribution in [3.8, 4) is 6.07 Å². The van der Waals surface area contributed by atoms with Crippen molar-refractivity contribution in [3.05, 3.63) is 47.7 Å². The Labute approximate surface area is 161 Å². The molecule has 6 nitrogen and oxygen atoms in total. The standard InChI is InChI=1S/C20H19N5OS/c1-13-2-4-16-17(10-13)27-20(23-16)24-19(26)15-6-8-25(9-7-15)18-5-3-14(11-21)12-22-18/h2-5,10,12,15H,6-9H2,1H3,(H,23,24,26). The maximum Gasteiger partial charge on any atom is 0.229 e. The van der Waals surface area contributed by atoms with E-state index in [4.69, 9.17) is 5.26 Å². The summed E-state index contributed by atoms with van der Waals surface area (Å²) >= 11 is 1.51. The summed E-state index contributed by atoms with van der Waals surface area (Å²) in [5, 5.41) is 12.5. The first-order valence-electron chi connectivity index (χ1n) is 8.91. The number of anilines is 2. The quantitative estimate of drug-likeness (QED) is 0.752. The lowest BCUT2D eigenvalue weighted by Gasteiger charge is -2.31. The monoisotopic (exact) mass is 377 g/mol. The molecule has 1 N–H and O–H groups in total. The van der Waals surface area contributed by atoms with E-state index in [0.717, 1.165) is 42.0 Å². The van der Waals surface area contributed by atoms with Crippen molar-refractivity contribution in [1.82, 2.24) is 9.97 Å². The van der Waals surface area contributed by atoms with Gasteiger partial charge in [-0.1, -0.05) is 17.4 Å². The number of thiazole rings is 1. The molecule has 1 fully saturated rings. The van der Waals surface area contributed by atoms with Gasteiger partial charge in [-0.3, -0.25) is 4.79 Å². The van der Waals surface area contributed by atoms with Crippen LogP contribution in [0.15, 0.2) is 36.5 Å². The molecule has 0 unspecified atom stereocenters. The van der Waals surface area contributed by atoms with Crippen molar-refractivity contribution < 1.29 is 4.79 Å². The largest absolute Gasteiger partial charge is 0.357 e. The number of benzene rings is 1. The van der Waals surface area contributed by atoms with Crippen molar-refractivity contribution in [2.75, 3.05) is 23.3 Å². The molecule has 2 aromatic heterocycles. The van der Waals surface area contributed by atoms with Crippen LogP contribution in [0.5, 0.6) is 0 Å². The number of nitriles is 1. The van der Waals surface area contributed by atoms with Gasteiger partial charge in [-0.25, -0.2) is 9.97 Å². The number of pyridine rings is 1. The topological polar surface area (TPSA) is 81.9 Å². The van der Waals surface area contributed by atoms with Gasteiger partial charge in [0.15, 0.2) is 5.13 Å².